The summed E-state index contributed by atoms with van der Waals surface area (Å²) in [5.74, 6) is 0.913. The molecule has 6 heteroatoms. The zero-order valence-electron chi connectivity index (χ0n) is 15.4. The van der Waals surface area contributed by atoms with Gasteiger partial charge in [-0.2, -0.15) is 0 Å². The predicted octanol–water partition coefficient (Wildman–Crippen LogP) is 0.996. The molecule has 0 amide bonds. The molecule has 2 N–H and O–H groups in total. The highest BCUT2D eigenvalue weighted by molar-refractivity contribution is 5.79. The Morgan fingerprint density at radius 3 is 2.52 bits per heavy atom. The van der Waals surface area contributed by atoms with Crippen molar-refractivity contribution < 1.29 is 4.74 Å². The quantitative estimate of drug-likeness (QED) is 0.318. The third-order valence-electron chi connectivity index (χ3n) is 4.29. The van der Waals surface area contributed by atoms with E-state index in [0.29, 0.717) is 0 Å². The molecule has 23 heavy (non-hydrogen) atoms. The van der Waals surface area contributed by atoms with Gasteiger partial charge < -0.3 is 25.2 Å². The van der Waals surface area contributed by atoms with Crippen LogP contribution in [0.15, 0.2) is 4.99 Å². The van der Waals surface area contributed by atoms with Gasteiger partial charge in [-0.25, -0.2) is 0 Å². The first-order chi connectivity index (χ1) is 11.3. The Bertz CT molecular complexity index is 305. The van der Waals surface area contributed by atoms with Gasteiger partial charge in [-0.15, -0.1) is 0 Å². The van der Waals surface area contributed by atoms with Gasteiger partial charge in [0, 0.05) is 46.9 Å². The molecule has 0 saturated carbocycles. The molecule has 0 unspecified atom stereocenters. The van der Waals surface area contributed by atoms with E-state index in [9.17, 15) is 0 Å². The van der Waals surface area contributed by atoms with Gasteiger partial charge in [0.2, 0.25) is 0 Å². The van der Waals surface area contributed by atoms with Crippen LogP contribution in [0.2, 0.25) is 0 Å². The van der Waals surface area contributed by atoms with Gasteiger partial charge in [-0.1, -0.05) is 0 Å². The molecule has 1 saturated heterocycles. The molecule has 1 fully saturated rings. The molecule has 1 rings (SSSR count). The molecule has 136 valence electrons. The van der Waals surface area contributed by atoms with Gasteiger partial charge in [0.25, 0.3) is 0 Å². The number of likely N-dealkylation sites (tertiary alicyclic amines) is 1. The molecule has 0 spiro atoms. The number of nitrogens with one attached hydrogen (secondary N) is 2. The van der Waals surface area contributed by atoms with Crippen LogP contribution in [0, 0.1) is 0 Å². The molecule has 0 aliphatic carbocycles. The standard InChI is InChI=1S/C17H37N5O/c1-18-17(20-10-15-21(2)11-8-16-23-3)19-9-4-5-12-22-13-6-7-14-22/h4-16H2,1-3H3,(H2,18,19,20). The van der Waals surface area contributed by atoms with Crippen molar-refractivity contribution in [3.05, 3.63) is 0 Å². The molecule has 1 aliphatic heterocycles. The summed E-state index contributed by atoms with van der Waals surface area (Å²) in [5.41, 5.74) is 0. The van der Waals surface area contributed by atoms with Crippen molar-refractivity contribution >= 4 is 5.96 Å². The van der Waals surface area contributed by atoms with E-state index in [1.54, 1.807) is 7.11 Å². The number of unbranched alkanes of at least 4 members (excludes halogenated alkanes) is 1. The molecule has 0 aromatic heterocycles. The Hall–Kier alpha value is -0.850. The number of methoxy groups -OCH3 is 1. The third kappa shape index (κ3) is 10.5. The average molecular weight is 328 g/mol. The second-order valence-corrected chi connectivity index (χ2v) is 6.33. The maximum absolute atomic E-state index is 5.07. The lowest BCUT2D eigenvalue weighted by atomic mass is 10.3. The summed E-state index contributed by atoms with van der Waals surface area (Å²) in [6.45, 7) is 8.67. The molecular formula is C17H37N5O. The molecule has 6 nitrogen and oxygen atoms in total. The van der Waals surface area contributed by atoms with E-state index in [0.717, 1.165) is 45.2 Å². The van der Waals surface area contributed by atoms with Crippen LogP contribution in [0.3, 0.4) is 0 Å². The van der Waals surface area contributed by atoms with E-state index in [1.807, 2.05) is 7.05 Å². The Morgan fingerprint density at radius 1 is 1.09 bits per heavy atom. The normalized spacial score (nSPS) is 16.3. The molecular weight excluding hydrogens is 290 g/mol. The molecule has 0 aromatic rings. The maximum atomic E-state index is 5.07. The predicted molar refractivity (Wildman–Crippen MR) is 98.3 cm³/mol. The molecule has 0 bridgehead atoms. The van der Waals surface area contributed by atoms with Crippen LogP contribution >= 0.6 is 0 Å². The summed E-state index contributed by atoms with van der Waals surface area (Å²) in [4.78, 5) is 9.17. The van der Waals surface area contributed by atoms with E-state index in [2.05, 4.69) is 32.5 Å². The Morgan fingerprint density at radius 2 is 1.83 bits per heavy atom. The highest BCUT2D eigenvalue weighted by Gasteiger charge is 2.10. The van der Waals surface area contributed by atoms with Crippen LogP contribution in [-0.4, -0.2) is 89.4 Å². The van der Waals surface area contributed by atoms with Crippen molar-refractivity contribution in [1.82, 2.24) is 20.4 Å². The van der Waals surface area contributed by atoms with Gasteiger partial charge in [0.05, 0.1) is 0 Å². The first kappa shape index (κ1) is 20.2. The smallest absolute Gasteiger partial charge is 0.191 e. The summed E-state index contributed by atoms with van der Waals surface area (Å²) >= 11 is 0. The van der Waals surface area contributed by atoms with E-state index in [-0.39, 0.29) is 0 Å². The highest BCUT2D eigenvalue weighted by atomic mass is 16.5. The van der Waals surface area contributed by atoms with Crippen molar-refractivity contribution in [2.24, 2.45) is 4.99 Å². The van der Waals surface area contributed by atoms with Crippen molar-refractivity contribution in [3.63, 3.8) is 0 Å². The molecule has 1 aliphatic rings. The van der Waals surface area contributed by atoms with Crippen LogP contribution in [0.5, 0.6) is 0 Å². The van der Waals surface area contributed by atoms with Crippen LogP contribution in [0.25, 0.3) is 0 Å². The zero-order chi connectivity index (χ0) is 16.8. The van der Waals surface area contributed by atoms with Crippen molar-refractivity contribution in [2.75, 3.05) is 73.6 Å². The minimum Gasteiger partial charge on any atom is -0.385 e. The third-order valence-corrected chi connectivity index (χ3v) is 4.29. The monoisotopic (exact) mass is 327 g/mol. The van der Waals surface area contributed by atoms with Crippen molar-refractivity contribution in [3.8, 4) is 0 Å². The number of nitrogens with zero attached hydrogens (tertiary/aromatic N) is 3. The first-order valence-corrected chi connectivity index (χ1v) is 9.10. The van der Waals surface area contributed by atoms with Gasteiger partial charge in [0.1, 0.15) is 0 Å². The van der Waals surface area contributed by atoms with Gasteiger partial charge in [0.15, 0.2) is 5.96 Å². The minimum atomic E-state index is 0.832. The average Bonchev–Trinajstić information content (AvgIpc) is 3.06. The number of likely N-dealkylation sites (N-methyl/N-ethyl adjacent to an activating group) is 1. The van der Waals surface area contributed by atoms with Crippen LogP contribution in [0.1, 0.15) is 32.1 Å². The molecule has 0 atom stereocenters. The van der Waals surface area contributed by atoms with Gasteiger partial charge in [-0.3, -0.25) is 4.99 Å². The van der Waals surface area contributed by atoms with E-state index in [4.69, 9.17) is 4.74 Å². The summed E-state index contributed by atoms with van der Waals surface area (Å²) in [5, 5.41) is 6.78. The largest absolute Gasteiger partial charge is 0.385 e. The lowest BCUT2D eigenvalue weighted by Crippen LogP contribution is -2.41. The van der Waals surface area contributed by atoms with Gasteiger partial charge >= 0.3 is 0 Å². The fraction of sp³-hybridized carbons (Fsp3) is 0.941. The Labute approximate surface area is 142 Å². The Balaban J connectivity index is 1.96. The van der Waals surface area contributed by atoms with Crippen LogP contribution < -0.4 is 10.6 Å². The SMILES string of the molecule is CN=C(NCCCCN1CCCC1)NCCN(C)CCCOC. The van der Waals surface area contributed by atoms with E-state index >= 15 is 0 Å². The maximum Gasteiger partial charge on any atom is 0.191 e. The number of rotatable bonds is 12. The van der Waals surface area contributed by atoms with E-state index in [1.165, 1.54) is 45.3 Å². The minimum absolute atomic E-state index is 0.832. The summed E-state index contributed by atoms with van der Waals surface area (Å²) in [6.07, 6.45) is 6.32. The number of hydrogen-bond acceptors (Lipinski definition) is 4. The number of ether oxygens (including phenoxy) is 1. The fourth-order valence-corrected chi connectivity index (χ4v) is 2.85. The summed E-state index contributed by atoms with van der Waals surface area (Å²) in [7, 11) is 5.73. The summed E-state index contributed by atoms with van der Waals surface area (Å²) < 4.78 is 5.07. The zero-order valence-corrected chi connectivity index (χ0v) is 15.4. The van der Waals surface area contributed by atoms with Crippen molar-refractivity contribution in [2.45, 2.75) is 32.1 Å². The topological polar surface area (TPSA) is 52.1 Å². The molecule has 0 radical (unpaired) electrons. The number of guanidine groups is 1. The second-order valence-electron chi connectivity index (χ2n) is 6.33. The fourth-order valence-electron chi connectivity index (χ4n) is 2.85. The number of hydrogen-bond donors (Lipinski definition) is 2. The highest BCUT2D eigenvalue weighted by Crippen LogP contribution is 2.07. The lowest BCUT2D eigenvalue weighted by molar-refractivity contribution is 0.180. The van der Waals surface area contributed by atoms with Gasteiger partial charge in [-0.05, 0) is 58.8 Å². The Kier molecular flexibility index (Phi) is 11.9. The second kappa shape index (κ2) is 13.6. The lowest BCUT2D eigenvalue weighted by Gasteiger charge is -2.18. The van der Waals surface area contributed by atoms with Crippen molar-refractivity contribution in [1.29, 1.82) is 0 Å². The number of aliphatic imine (C=N–C) groups is 1. The molecule has 1 heterocycles. The summed E-state index contributed by atoms with van der Waals surface area (Å²) in [6, 6.07) is 0. The first-order valence-electron chi connectivity index (χ1n) is 9.10. The van der Waals surface area contributed by atoms with Crippen LogP contribution in [-0.2, 0) is 4.74 Å². The van der Waals surface area contributed by atoms with Crippen LogP contribution in [0.4, 0.5) is 0 Å². The van der Waals surface area contributed by atoms with E-state index < -0.39 is 0 Å². The molecule has 0 aromatic carbocycles.